The Morgan fingerprint density at radius 1 is 0.895 bits per heavy atom. The molecule has 0 saturated carbocycles. The molecule has 1 N–H and O–H groups in total. The van der Waals surface area contributed by atoms with E-state index in [9.17, 15) is 9.59 Å². The third-order valence-corrected chi connectivity index (χ3v) is 3.11. The molecule has 0 unspecified atom stereocenters. The van der Waals surface area contributed by atoms with E-state index in [1.165, 1.54) is 0 Å². The minimum atomic E-state index is -0.309. The minimum Gasteiger partial charge on any atom is -0.315 e. The summed E-state index contributed by atoms with van der Waals surface area (Å²) < 4.78 is 1.54. The van der Waals surface area contributed by atoms with E-state index in [0.29, 0.717) is 11.1 Å². The third kappa shape index (κ3) is 1.76. The molecule has 1 aliphatic heterocycles. The molecule has 1 aromatic carbocycles. The molecule has 1 aromatic heterocycles. The predicted molar refractivity (Wildman–Crippen MR) is 67.2 cm³/mol. The number of fused-ring (bicyclic) bond motifs is 1. The summed E-state index contributed by atoms with van der Waals surface area (Å²) in [5.41, 5.74) is 1.10. The molecule has 2 amide bonds. The predicted octanol–water partition coefficient (Wildman–Crippen LogP) is 1.22. The van der Waals surface area contributed by atoms with Gasteiger partial charge in [0, 0.05) is 6.20 Å². The molecular formula is C14H11N3O2. The topological polar surface area (TPSA) is 66.2 Å². The van der Waals surface area contributed by atoms with Crippen LogP contribution in [0.1, 0.15) is 20.7 Å². The van der Waals surface area contributed by atoms with Crippen LogP contribution in [-0.2, 0) is 6.67 Å². The summed E-state index contributed by atoms with van der Waals surface area (Å²) in [6.07, 6.45) is 1.67. The van der Waals surface area contributed by atoms with E-state index in [1.54, 1.807) is 53.2 Å². The first-order valence-electron chi connectivity index (χ1n) is 5.84. The molecule has 5 nitrogen and oxygen atoms in total. The van der Waals surface area contributed by atoms with Gasteiger partial charge in [0.05, 0.1) is 11.1 Å². The van der Waals surface area contributed by atoms with E-state index in [-0.39, 0.29) is 24.0 Å². The second-order valence-corrected chi connectivity index (χ2v) is 4.28. The highest BCUT2D eigenvalue weighted by atomic mass is 16.2. The van der Waals surface area contributed by atoms with E-state index in [4.69, 9.17) is 5.41 Å². The molecule has 94 valence electrons. The SMILES string of the molecule is N=c1ccccn1CN1C(=O)c2ccccc2C1=O. The Kier molecular flexibility index (Phi) is 2.52. The summed E-state index contributed by atoms with van der Waals surface area (Å²) in [7, 11) is 0. The molecular weight excluding hydrogens is 242 g/mol. The lowest BCUT2D eigenvalue weighted by atomic mass is 10.1. The first-order chi connectivity index (χ1) is 9.18. The first-order valence-corrected chi connectivity index (χ1v) is 5.84. The molecule has 3 rings (SSSR count). The van der Waals surface area contributed by atoms with Crippen LogP contribution >= 0.6 is 0 Å². The number of nitrogens with one attached hydrogen (secondary N) is 1. The Bertz CT molecular complexity index is 698. The van der Waals surface area contributed by atoms with Gasteiger partial charge in [0.2, 0.25) is 0 Å². The Hall–Kier alpha value is -2.69. The maximum Gasteiger partial charge on any atom is 0.263 e. The normalized spacial score (nSPS) is 13.8. The van der Waals surface area contributed by atoms with Crippen molar-refractivity contribution in [2.75, 3.05) is 0 Å². The highest BCUT2D eigenvalue weighted by Gasteiger charge is 2.34. The monoisotopic (exact) mass is 253 g/mol. The third-order valence-electron chi connectivity index (χ3n) is 3.11. The molecule has 0 fully saturated rings. The molecule has 0 spiro atoms. The second kappa shape index (κ2) is 4.20. The van der Waals surface area contributed by atoms with Crippen molar-refractivity contribution in [1.82, 2.24) is 9.47 Å². The standard InChI is InChI=1S/C14H11N3O2/c15-12-7-3-4-8-16(12)9-17-13(18)10-5-1-2-6-11(10)14(17)19/h1-8,15H,9H2. The Morgan fingerprint density at radius 3 is 2.05 bits per heavy atom. The zero-order chi connectivity index (χ0) is 13.4. The molecule has 0 saturated heterocycles. The maximum atomic E-state index is 12.2. The van der Waals surface area contributed by atoms with Crippen molar-refractivity contribution < 1.29 is 9.59 Å². The van der Waals surface area contributed by atoms with Crippen LogP contribution in [0.2, 0.25) is 0 Å². The number of pyridine rings is 1. The van der Waals surface area contributed by atoms with Gasteiger partial charge in [-0.05, 0) is 24.3 Å². The zero-order valence-corrected chi connectivity index (χ0v) is 10.0. The van der Waals surface area contributed by atoms with E-state index < -0.39 is 0 Å². The van der Waals surface area contributed by atoms with Crippen molar-refractivity contribution in [1.29, 1.82) is 5.41 Å². The number of nitrogens with zero attached hydrogens (tertiary/aromatic N) is 2. The van der Waals surface area contributed by atoms with Crippen molar-refractivity contribution in [2.24, 2.45) is 0 Å². The number of carbonyl (C=O) groups excluding carboxylic acids is 2. The van der Waals surface area contributed by atoms with Crippen LogP contribution in [0.15, 0.2) is 48.7 Å². The van der Waals surface area contributed by atoms with Crippen LogP contribution in [0.4, 0.5) is 0 Å². The van der Waals surface area contributed by atoms with Crippen LogP contribution in [0, 0.1) is 5.41 Å². The minimum absolute atomic E-state index is 0.0615. The van der Waals surface area contributed by atoms with Gasteiger partial charge in [0.1, 0.15) is 12.2 Å². The summed E-state index contributed by atoms with van der Waals surface area (Å²) in [4.78, 5) is 25.5. The van der Waals surface area contributed by atoms with Crippen molar-refractivity contribution >= 4 is 11.8 Å². The van der Waals surface area contributed by atoms with E-state index >= 15 is 0 Å². The smallest absolute Gasteiger partial charge is 0.263 e. The number of aromatic nitrogens is 1. The molecule has 19 heavy (non-hydrogen) atoms. The van der Waals surface area contributed by atoms with Crippen LogP contribution in [0.5, 0.6) is 0 Å². The van der Waals surface area contributed by atoms with Gasteiger partial charge in [-0.2, -0.15) is 0 Å². The van der Waals surface area contributed by atoms with Crippen LogP contribution in [0.25, 0.3) is 0 Å². The van der Waals surface area contributed by atoms with Crippen molar-refractivity contribution in [3.63, 3.8) is 0 Å². The quantitative estimate of drug-likeness (QED) is 0.818. The van der Waals surface area contributed by atoms with Gasteiger partial charge in [-0.25, -0.2) is 0 Å². The van der Waals surface area contributed by atoms with E-state index in [1.807, 2.05) is 0 Å². The molecule has 5 heteroatoms. The molecule has 1 aliphatic rings. The van der Waals surface area contributed by atoms with Crippen LogP contribution < -0.4 is 5.49 Å². The highest BCUT2D eigenvalue weighted by molar-refractivity contribution is 6.21. The number of rotatable bonds is 2. The van der Waals surface area contributed by atoms with Gasteiger partial charge in [0.25, 0.3) is 11.8 Å². The van der Waals surface area contributed by atoms with Crippen LogP contribution in [-0.4, -0.2) is 21.3 Å². The molecule has 0 atom stereocenters. The largest absolute Gasteiger partial charge is 0.315 e. The van der Waals surface area contributed by atoms with Gasteiger partial charge in [-0.1, -0.05) is 18.2 Å². The van der Waals surface area contributed by atoms with E-state index in [2.05, 4.69) is 0 Å². The number of imide groups is 1. The summed E-state index contributed by atoms with van der Waals surface area (Å²) in [5.74, 6) is -0.618. The van der Waals surface area contributed by atoms with Gasteiger partial charge < -0.3 is 4.57 Å². The summed E-state index contributed by atoms with van der Waals surface area (Å²) in [5, 5.41) is 7.74. The zero-order valence-electron chi connectivity index (χ0n) is 10.0. The fraction of sp³-hybridized carbons (Fsp3) is 0.0714. The highest BCUT2D eigenvalue weighted by Crippen LogP contribution is 2.22. The lowest BCUT2D eigenvalue weighted by Crippen LogP contribution is -2.35. The number of hydrogen-bond acceptors (Lipinski definition) is 3. The lowest BCUT2D eigenvalue weighted by Gasteiger charge is -2.15. The van der Waals surface area contributed by atoms with Gasteiger partial charge >= 0.3 is 0 Å². The number of benzene rings is 1. The van der Waals surface area contributed by atoms with Gasteiger partial charge in [-0.3, -0.25) is 19.9 Å². The Balaban J connectivity index is 1.97. The maximum absolute atomic E-state index is 12.2. The Morgan fingerprint density at radius 2 is 1.47 bits per heavy atom. The molecule has 0 radical (unpaired) electrons. The summed E-state index contributed by atoms with van der Waals surface area (Å²) >= 11 is 0. The molecule has 2 aromatic rings. The average molecular weight is 253 g/mol. The molecule has 2 heterocycles. The van der Waals surface area contributed by atoms with Gasteiger partial charge in [-0.15, -0.1) is 0 Å². The summed E-state index contributed by atoms with van der Waals surface area (Å²) in [6, 6.07) is 11.9. The number of amides is 2. The lowest BCUT2D eigenvalue weighted by molar-refractivity contribution is 0.0603. The number of carbonyl (C=O) groups is 2. The van der Waals surface area contributed by atoms with E-state index in [0.717, 1.165) is 4.90 Å². The Labute approximate surface area is 109 Å². The second-order valence-electron chi connectivity index (χ2n) is 4.28. The van der Waals surface area contributed by atoms with Crippen molar-refractivity contribution in [3.05, 3.63) is 65.3 Å². The average Bonchev–Trinajstić information content (AvgIpc) is 2.67. The van der Waals surface area contributed by atoms with Crippen LogP contribution in [0.3, 0.4) is 0 Å². The van der Waals surface area contributed by atoms with Crippen molar-refractivity contribution in [2.45, 2.75) is 6.67 Å². The fourth-order valence-electron chi connectivity index (χ4n) is 2.12. The fourth-order valence-corrected chi connectivity index (χ4v) is 2.12. The van der Waals surface area contributed by atoms with Gasteiger partial charge in [0.15, 0.2) is 0 Å². The molecule has 0 bridgehead atoms. The van der Waals surface area contributed by atoms with Crippen molar-refractivity contribution in [3.8, 4) is 0 Å². The summed E-state index contributed by atoms with van der Waals surface area (Å²) in [6.45, 7) is 0.0615. The number of hydrogen-bond donors (Lipinski definition) is 1. The molecule has 0 aliphatic carbocycles. The first kappa shape index (κ1) is 11.4.